The summed E-state index contributed by atoms with van der Waals surface area (Å²) in [7, 11) is 0. The smallest absolute Gasteiger partial charge is 0.276 e. The van der Waals surface area contributed by atoms with E-state index in [1.807, 2.05) is 76.2 Å². The molecule has 0 saturated carbocycles. The third-order valence-corrected chi connectivity index (χ3v) is 5.23. The summed E-state index contributed by atoms with van der Waals surface area (Å²) in [6.45, 7) is 0.661. The highest BCUT2D eigenvalue weighted by Crippen LogP contribution is 2.28. The second-order valence-electron chi connectivity index (χ2n) is 7.23. The minimum Gasteiger partial charge on any atom is -0.321 e. The Morgan fingerprint density at radius 2 is 1.93 bits per heavy atom. The van der Waals surface area contributed by atoms with Crippen molar-refractivity contribution in [1.82, 2.24) is 19.6 Å². The zero-order valence-electron chi connectivity index (χ0n) is 16.0. The van der Waals surface area contributed by atoms with Crippen LogP contribution in [0.2, 0.25) is 0 Å². The number of nitrogens with zero attached hydrogens (tertiary/aromatic N) is 4. The molecule has 2 aromatic carbocycles. The van der Waals surface area contributed by atoms with Gasteiger partial charge in [-0.2, -0.15) is 10.2 Å². The molecule has 0 unspecified atom stereocenters. The van der Waals surface area contributed by atoms with Gasteiger partial charge in [-0.25, -0.2) is 4.68 Å². The summed E-state index contributed by atoms with van der Waals surface area (Å²) in [5.41, 5.74) is 5.57. The maximum Gasteiger partial charge on any atom is 0.276 e. The summed E-state index contributed by atoms with van der Waals surface area (Å²) in [6, 6.07) is 19.8. The number of carbonyl (C=O) groups is 1. The van der Waals surface area contributed by atoms with E-state index in [1.165, 1.54) is 0 Å². The van der Waals surface area contributed by atoms with E-state index < -0.39 is 0 Å². The van der Waals surface area contributed by atoms with Crippen LogP contribution in [0, 0.1) is 0 Å². The molecule has 0 atom stereocenters. The molecule has 1 aliphatic carbocycles. The second kappa shape index (κ2) is 7.39. The van der Waals surface area contributed by atoms with Crippen molar-refractivity contribution < 1.29 is 4.79 Å². The van der Waals surface area contributed by atoms with Crippen LogP contribution >= 0.6 is 0 Å². The summed E-state index contributed by atoms with van der Waals surface area (Å²) in [6.07, 6.45) is 6.58. The fourth-order valence-electron chi connectivity index (χ4n) is 3.92. The lowest BCUT2D eigenvalue weighted by molar-refractivity contribution is 0.102. The van der Waals surface area contributed by atoms with Gasteiger partial charge in [-0.3, -0.25) is 9.48 Å². The van der Waals surface area contributed by atoms with Gasteiger partial charge in [0.2, 0.25) is 0 Å². The summed E-state index contributed by atoms with van der Waals surface area (Å²) < 4.78 is 3.78. The van der Waals surface area contributed by atoms with E-state index in [1.54, 1.807) is 6.20 Å². The van der Waals surface area contributed by atoms with Crippen LogP contribution in [0.25, 0.3) is 5.69 Å². The number of aromatic nitrogens is 4. The van der Waals surface area contributed by atoms with Crippen LogP contribution < -0.4 is 5.32 Å². The van der Waals surface area contributed by atoms with Gasteiger partial charge in [0.15, 0.2) is 5.69 Å². The monoisotopic (exact) mass is 383 g/mol. The molecule has 1 amide bonds. The number of amides is 1. The molecule has 4 aromatic rings. The molecule has 2 aromatic heterocycles. The molecule has 1 N–H and O–H groups in total. The van der Waals surface area contributed by atoms with E-state index in [-0.39, 0.29) is 5.91 Å². The van der Waals surface area contributed by atoms with E-state index in [0.717, 1.165) is 47.5 Å². The van der Waals surface area contributed by atoms with Crippen molar-refractivity contribution in [3.05, 3.63) is 95.6 Å². The van der Waals surface area contributed by atoms with Gasteiger partial charge in [0.25, 0.3) is 5.91 Å². The van der Waals surface area contributed by atoms with Crippen molar-refractivity contribution >= 4 is 11.6 Å². The Kier molecular flexibility index (Phi) is 4.44. The van der Waals surface area contributed by atoms with Gasteiger partial charge in [0, 0.05) is 29.3 Å². The zero-order chi connectivity index (χ0) is 19.6. The van der Waals surface area contributed by atoms with Gasteiger partial charge >= 0.3 is 0 Å². The Morgan fingerprint density at radius 1 is 1.03 bits per heavy atom. The molecule has 6 heteroatoms. The van der Waals surface area contributed by atoms with E-state index >= 15 is 0 Å². The van der Waals surface area contributed by atoms with Crippen LogP contribution in [-0.4, -0.2) is 25.5 Å². The highest BCUT2D eigenvalue weighted by molar-refractivity contribution is 6.04. The van der Waals surface area contributed by atoms with Crippen LogP contribution in [0.3, 0.4) is 0 Å². The molecule has 0 aliphatic heterocycles. The predicted octanol–water partition coefficient (Wildman–Crippen LogP) is 3.86. The highest BCUT2D eigenvalue weighted by Gasteiger charge is 2.27. The van der Waals surface area contributed by atoms with Crippen LogP contribution in [0.1, 0.15) is 33.7 Å². The fourth-order valence-corrected chi connectivity index (χ4v) is 3.92. The molecule has 0 fully saturated rings. The molecule has 0 radical (unpaired) electrons. The molecule has 1 aliphatic rings. The minimum atomic E-state index is -0.158. The number of fused-ring (bicyclic) bond motifs is 1. The SMILES string of the molecule is O=C(Nc1cccc(Cn2cccn2)c1)c1nn(-c2ccccc2)c2c1CCC2. The van der Waals surface area contributed by atoms with Gasteiger partial charge in [-0.15, -0.1) is 0 Å². The lowest BCUT2D eigenvalue weighted by Gasteiger charge is -2.08. The van der Waals surface area contributed by atoms with Gasteiger partial charge in [0.05, 0.1) is 12.2 Å². The van der Waals surface area contributed by atoms with Crippen LogP contribution in [0.4, 0.5) is 5.69 Å². The van der Waals surface area contributed by atoms with E-state index in [4.69, 9.17) is 0 Å². The zero-order valence-corrected chi connectivity index (χ0v) is 16.0. The number of nitrogens with one attached hydrogen (secondary N) is 1. The fraction of sp³-hybridized carbons (Fsp3) is 0.174. The number of carbonyl (C=O) groups excluding carboxylic acids is 1. The summed E-state index contributed by atoms with van der Waals surface area (Å²) in [4.78, 5) is 13.0. The van der Waals surface area contributed by atoms with Crippen LogP contribution in [0.5, 0.6) is 0 Å². The van der Waals surface area contributed by atoms with Crippen LogP contribution in [-0.2, 0) is 19.4 Å². The number of rotatable bonds is 5. The predicted molar refractivity (Wildman–Crippen MR) is 111 cm³/mol. The van der Waals surface area contributed by atoms with Crippen molar-refractivity contribution in [2.24, 2.45) is 0 Å². The molecule has 0 saturated heterocycles. The standard InChI is InChI=1S/C23H21N5O/c29-23(25-18-8-4-7-17(15-18)16-27-14-6-13-24-27)22-20-11-5-12-21(20)28(26-22)19-9-2-1-3-10-19/h1-4,6-10,13-15H,5,11-12,16H2,(H,25,29). The number of para-hydroxylation sites is 1. The summed E-state index contributed by atoms with van der Waals surface area (Å²) >= 11 is 0. The maximum atomic E-state index is 13.0. The first-order chi connectivity index (χ1) is 14.3. The molecular weight excluding hydrogens is 362 g/mol. The first kappa shape index (κ1) is 17.4. The van der Waals surface area contributed by atoms with Crippen molar-refractivity contribution in [3.8, 4) is 5.69 Å². The Bertz CT molecular complexity index is 1150. The third kappa shape index (κ3) is 3.45. The molecule has 29 heavy (non-hydrogen) atoms. The normalized spacial score (nSPS) is 12.7. The first-order valence-electron chi connectivity index (χ1n) is 9.82. The van der Waals surface area contributed by atoms with Gasteiger partial charge < -0.3 is 5.32 Å². The molecule has 0 bridgehead atoms. The first-order valence-corrected chi connectivity index (χ1v) is 9.82. The molecule has 5 rings (SSSR count). The lowest BCUT2D eigenvalue weighted by Crippen LogP contribution is -2.15. The van der Waals surface area contributed by atoms with Gasteiger partial charge in [-0.05, 0) is 55.2 Å². The van der Waals surface area contributed by atoms with E-state index in [2.05, 4.69) is 15.5 Å². The average Bonchev–Trinajstić information content (AvgIpc) is 3.47. The minimum absolute atomic E-state index is 0.158. The molecule has 2 heterocycles. The quantitative estimate of drug-likeness (QED) is 0.569. The van der Waals surface area contributed by atoms with Crippen LogP contribution in [0.15, 0.2) is 73.1 Å². The van der Waals surface area contributed by atoms with Crippen molar-refractivity contribution in [2.75, 3.05) is 5.32 Å². The summed E-state index contributed by atoms with van der Waals surface area (Å²) in [5, 5.41) is 11.9. The third-order valence-electron chi connectivity index (χ3n) is 5.23. The largest absolute Gasteiger partial charge is 0.321 e. The number of benzene rings is 2. The van der Waals surface area contributed by atoms with Gasteiger partial charge in [0.1, 0.15) is 0 Å². The molecule has 0 spiro atoms. The lowest BCUT2D eigenvalue weighted by atomic mass is 10.1. The van der Waals surface area contributed by atoms with Crippen molar-refractivity contribution in [2.45, 2.75) is 25.8 Å². The van der Waals surface area contributed by atoms with E-state index in [9.17, 15) is 4.79 Å². The maximum absolute atomic E-state index is 13.0. The Balaban J connectivity index is 1.41. The van der Waals surface area contributed by atoms with Crippen molar-refractivity contribution in [1.29, 1.82) is 0 Å². The Morgan fingerprint density at radius 3 is 2.76 bits per heavy atom. The number of hydrogen-bond acceptors (Lipinski definition) is 3. The highest BCUT2D eigenvalue weighted by atomic mass is 16.2. The Hall–Kier alpha value is -3.67. The molecule has 144 valence electrons. The Labute approximate surface area is 168 Å². The number of hydrogen-bond donors (Lipinski definition) is 1. The molecular formula is C23H21N5O. The van der Waals surface area contributed by atoms with Crippen molar-refractivity contribution in [3.63, 3.8) is 0 Å². The topological polar surface area (TPSA) is 64.7 Å². The van der Waals surface area contributed by atoms with Gasteiger partial charge in [-0.1, -0.05) is 30.3 Å². The molecule has 6 nitrogen and oxygen atoms in total. The summed E-state index contributed by atoms with van der Waals surface area (Å²) in [5.74, 6) is -0.158. The number of anilines is 1. The average molecular weight is 383 g/mol. The van der Waals surface area contributed by atoms with E-state index in [0.29, 0.717) is 12.2 Å². The second-order valence-corrected chi connectivity index (χ2v) is 7.23.